The summed E-state index contributed by atoms with van der Waals surface area (Å²) < 4.78 is 12.7. The van der Waals surface area contributed by atoms with E-state index in [0.717, 1.165) is 28.2 Å². The molecule has 0 aliphatic carbocycles. The first-order valence-electron chi connectivity index (χ1n) is 9.71. The number of hydrogen-bond donors (Lipinski definition) is 1. The summed E-state index contributed by atoms with van der Waals surface area (Å²) in [5, 5.41) is 4.14. The van der Waals surface area contributed by atoms with Crippen LogP contribution in [0.3, 0.4) is 0 Å². The molecule has 1 heterocycles. The van der Waals surface area contributed by atoms with Crippen molar-refractivity contribution >= 4 is 12.1 Å². The predicted octanol–water partition coefficient (Wildman–Crippen LogP) is 4.11. The fraction of sp³-hybridized carbons (Fsp3) is 0.250. The van der Waals surface area contributed by atoms with Gasteiger partial charge in [-0.15, -0.1) is 0 Å². The second kappa shape index (κ2) is 9.31. The molecular formula is C24H27N3O3. The summed E-state index contributed by atoms with van der Waals surface area (Å²) >= 11 is 0. The maximum atomic E-state index is 12.3. The highest BCUT2D eigenvalue weighted by Crippen LogP contribution is 2.27. The van der Waals surface area contributed by atoms with Crippen molar-refractivity contribution in [2.75, 3.05) is 14.2 Å². The van der Waals surface area contributed by atoms with Crippen LogP contribution in [0, 0.1) is 20.8 Å². The number of hydrazone groups is 1. The molecule has 0 spiro atoms. The van der Waals surface area contributed by atoms with Crippen LogP contribution in [-0.2, 0) is 11.2 Å². The molecule has 6 heteroatoms. The van der Waals surface area contributed by atoms with Gasteiger partial charge in [-0.1, -0.05) is 23.8 Å². The van der Waals surface area contributed by atoms with E-state index in [-0.39, 0.29) is 12.3 Å². The van der Waals surface area contributed by atoms with Crippen molar-refractivity contribution in [3.63, 3.8) is 0 Å². The molecule has 156 valence electrons. The molecule has 0 saturated carbocycles. The Morgan fingerprint density at radius 2 is 1.70 bits per heavy atom. The van der Waals surface area contributed by atoms with E-state index in [1.807, 2.05) is 13.0 Å². The number of methoxy groups -OCH3 is 2. The van der Waals surface area contributed by atoms with Crippen LogP contribution < -0.4 is 14.9 Å². The quantitative estimate of drug-likeness (QED) is 0.475. The van der Waals surface area contributed by atoms with E-state index in [4.69, 9.17) is 9.47 Å². The van der Waals surface area contributed by atoms with Gasteiger partial charge < -0.3 is 14.0 Å². The van der Waals surface area contributed by atoms with Gasteiger partial charge in [0.25, 0.3) is 0 Å². The lowest BCUT2D eigenvalue weighted by Crippen LogP contribution is -2.19. The van der Waals surface area contributed by atoms with E-state index in [1.54, 1.807) is 32.6 Å². The number of carbonyl (C=O) groups excluding carboxylic acids is 1. The highest BCUT2D eigenvalue weighted by molar-refractivity contribution is 5.85. The van der Waals surface area contributed by atoms with Gasteiger partial charge in [0.2, 0.25) is 5.91 Å². The second-order valence-corrected chi connectivity index (χ2v) is 7.16. The number of aromatic nitrogens is 1. The first-order chi connectivity index (χ1) is 14.4. The Morgan fingerprint density at radius 1 is 1.00 bits per heavy atom. The first-order valence-corrected chi connectivity index (χ1v) is 9.71. The summed E-state index contributed by atoms with van der Waals surface area (Å²) in [6.07, 6.45) is 1.87. The van der Waals surface area contributed by atoms with Crippen LogP contribution in [0.25, 0.3) is 5.69 Å². The third-order valence-electron chi connectivity index (χ3n) is 4.97. The summed E-state index contributed by atoms with van der Waals surface area (Å²) in [5.74, 6) is 1.02. The van der Waals surface area contributed by atoms with Crippen LogP contribution in [0.5, 0.6) is 11.5 Å². The van der Waals surface area contributed by atoms with Gasteiger partial charge in [-0.2, -0.15) is 5.10 Å². The zero-order chi connectivity index (χ0) is 21.7. The maximum Gasteiger partial charge on any atom is 0.244 e. The molecule has 0 aliphatic rings. The van der Waals surface area contributed by atoms with Crippen LogP contribution in [0.1, 0.15) is 28.1 Å². The number of rotatable bonds is 7. The Morgan fingerprint density at radius 3 is 2.37 bits per heavy atom. The van der Waals surface area contributed by atoms with Crippen molar-refractivity contribution in [1.29, 1.82) is 0 Å². The zero-order valence-electron chi connectivity index (χ0n) is 18.0. The number of ether oxygens (including phenoxy) is 2. The van der Waals surface area contributed by atoms with Crippen LogP contribution in [0.4, 0.5) is 0 Å². The Labute approximate surface area is 177 Å². The van der Waals surface area contributed by atoms with Crippen molar-refractivity contribution < 1.29 is 14.3 Å². The van der Waals surface area contributed by atoms with Gasteiger partial charge in [-0.05, 0) is 56.7 Å². The van der Waals surface area contributed by atoms with Crippen LogP contribution in [0.15, 0.2) is 53.6 Å². The average molecular weight is 405 g/mol. The van der Waals surface area contributed by atoms with Crippen LogP contribution in [0.2, 0.25) is 0 Å². The molecule has 0 bridgehead atoms. The molecule has 2 aromatic carbocycles. The molecule has 6 nitrogen and oxygen atoms in total. The highest BCUT2D eigenvalue weighted by atomic mass is 16.5. The fourth-order valence-electron chi connectivity index (χ4n) is 3.40. The second-order valence-electron chi connectivity index (χ2n) is 7.16. The van der Waals surface area contributed by atoms with Gasteiger partial charge in [-0.25, -0.2) is 5.43 Å². The van der Waals surface area contributed by atoms with Gasteiger partial charge in [0.05, 0.1) is 26.9 Å². The van der Waals surface area contributed by atoms with E-state index < -0.39 is 0 Å². The predicted molar refractivity (Wildman–Crippen MR) is 119 cm³/mol. The molecule has 1 aromatic heterocycles. The van der Waals surface area contributed by atoms with Crippen molar-refractivity contribution in [2.24, 2.45) is 5.10 Å². The molecule has 1 amide bonds. The summed E-state index contributed by atoms with van der Waals surface area (Å²) in [4.78, 5) is 12.3. The molecule has 0 unspecified atom stereocenters. The summed E-state index contributed by atoms with van der Waals surface area (Å²) in [5.41, 5.74) is 8.87. The number of aryl methyl sites for hydroxylation is 2. The molecule has 30 heavy (non-hydrogen) atoms. The van der Waals surface area contributed by atoms with E-state index >= 15 is 0 Å². The Balaban J connectivity index is 1.67. The topological polar surface area (TPSA) is 64.8 Å². The largest absolute Gasteiger partial charge is 0.493 e. The van der Waals surface area contributed by atoms with E-state index in [2.05, 4.69) is 59.3 Å². The fourth-order valence-corrected chi connectivity index (χ4v) is 3.40. The van der Waals surface area contributed by atoms with Crippen LogP contribution in [-0.4, -0.2) is 30.9 Å². The molecule has 0 fully saturated rings. The van der Waals surface area contributed by atoms with Crippen molar-refractivity contribution in [3.05, 3.63) is 76.6 Å². The monoisotopic (exact) mass is 405 g/mol. The van der Waals surface area contributed by atoms with E-state index in [9.17, 15) is 4.79 Å². The third-order valence-corrected chi connectivity index (χ3v) is 4.97. The van der Waals surface area contributed by atoms with Crippen molar-refractivity contribution in [2.45, 2.75) is 27.2 Å². The molecule has 3 aromatic rings. The Bertz CT molecular complexity index is 1070. The van der Waals surface area contributed by atoms with Gasteiger partial charge >= 0.3 is 0 Å². The SMILES string of the molecule is COc1ccc(CC(=O)N/N=C/c2cc(C)n(-c3ccc(C)cc3)c2C)cc1OC. The van der Waals surface area contributed by atoms with Crippen molar-refractivity contribution in [3.8, 4) is 17.2 Å². The lowest BCUT2D eigenvalue weighted by Gasteiger charge is -2.10. The minimum atomic E-state index is -0.203. The first kappa shape index (κ1) is 21.2. The minimum absolute atomic E-state index is 0.195. The zero-order valence-corrected chi connectivity index (χ0v) is 18.0. The molecule has 0 atom stereocenters. The van der Waals surface area contributed by atoms with E-state index in [0.29, 0.717) is 11.5 Å². The number of nitrogens with zero attached hydrogens (tertiary/aromatic N) is 2. The Kier molecular flexibility index (Phi) is 6.57. The summed E-state index contributed by atoms with van der Waals surface area (Å²) in [7, 11) is 3.15. The molecule has 0 radical (unpaired) electrons. The number of nitrogens with one attached hydrogen (secondary N) is 1. The molecule has 3 rings (SSSR count). The minimum Gasteiger partial charge on any atom is -0.493 e. The number of amides is 1. The van der Waals surface area contributed by atoms with E-state index in [1.165, 1.54) is 5.56 Å². The van der Waals surface area contributed by atoms with Gasteiger partial charge in [0.15, 0.2) is 11.5 Å². The van der Waals surface area contributed by atoms with Crippen LogP contribution >= 0.6 is 0 Å². The standard InChI is InChI=1S/C24H27N3O3/c1-16-6-9-21(10-7-16)27-17(2)12-20(18(27)3)15-25-26-24(28)14-19-8-11-22(29-4)23(13-19)30-5/h6-13,15H,14H2,1-5H3,(H,26,28)/b25-15+. The van der Waals surface area contributed by atoms with Gasteiger partial charge in [-0.3, -0.25) is 4.79 Å². The molecule has 1 N–H and O–H groups in total. The lowest BCUT2D eigenvalue weighted by molar-refractivity contribution is -0.120. The number of benzene rings is 2. The highest BCUT2D eigenvalue weighted by Gasteiger charge is 2.10. The van der Waals surface area contributed by atoms with Gasteiger partial charge in [0, 0.05) is 22.6 Å². The maximum absolute atomic E-state index is 12.3. The normalized spacial score (nSPS) is 11.0. The summed E-state index contributed by atoms with van der Waals surface area (Å²) in [6, 6.07) is 15.8. The van der Waals surface area contributed by atoms with Gasteiger partial charge in [0.1, 0.15) is 0 Å². The number of hydrogen-bond acceptors (Lipinski definition) is 4. The third kappa shape index (κ3) is 4.71. The summed E-state index contributed by atoms with van der Waals surface area (Å²) in [6.45, 7) is 6.17. The van der Waals surface area contributed by atoms with Crippen molar-refractivity contribution in [1.82, 2.24) is 9.99 Å². The number of carbonyl (C=O) groups is 1. The lowest BCUT2D eigenvalue weighted by atomic mass is 10.1. The molecule has 0 saturated heterocycles. The molecular weight excluding hydrogens is 378 g/mol. The molecule has 0 aliphatic heterocycles. The average Bonchev–Trinajstić information content (AvgIpc) is 3.02. The smallest absolute Gasteiger partial charge is 0.244 e. The Hall–Kier alpha value is -3.54.